The van der Waals surface area contributed by atoms with Crippen molar-refractivity contribution in [1.82, 2.24) is 10.6 Å². The highest BCUT2D eigenvalue weighted by Gasteiger charge is 2.51. The monoisotopic (exact) mass is 382 g/mol. The molecule has 0 radical (unpaired) electrons. The summed E-state index contributed by atoms with van der Waals surface area (Å²) in [6.45, 7) is 0. The first kappa shape index (κ1) is 19.7. The standard InChI is InChI=1S/C22H26N2O4/c1-23-20(25)14-19(15-5-4-6-18(13-15)28-3)24-21(26)22(11-12-22)16-7-9-17(27-2)10-8-16/h4-10,13,19H,11-12,14H2,1-3H3,(H,23,25)(H,24,26). The van der Waals surface area contributed by atoms with E-state index in [-0.39, 0.29) is 18.2 Å². The molecule has 2 N–H and O–H groups in total. The van der Waals surface area contributed by atoms with E-state index < -0.39 is 11.5 Å². The fourth-order valence-electron chi connectivity index (χ4n) is 3.38. The molecule has 1 aliphatic carbocycles. The van der Waals surface area contributed by atoms with Gasteiger partial charge in [-0.3, -0.25) is 9.59 Å². The SMILES string of the molecule is CNC(=O)CC(NC(=O)C1(c2ccc(OC)cc2)CC1)c1cccc(OC)c1. The van der Waals surface area contributed by atoms with E-state index in [1.807, 2.05) is 48.5 Å². The second kappa shape index (κ2) is 8.33. The Hall–Kier alpha value is -3.02. The summed E-state index contributed by atoms with van der Waals surface area (Å²) in [6.07, 6.45) is 1.74. The van der Waals surface area contributed by atoms with Gasteiger partial charge in [0.2, 0.25) is 11.8 Å². The number of ether oxygens (including phenoxy) is 2. The minimum absolute atomic E-state index is 0.0608. The van der Waals surface area contributed by atoms with Crippen molar-refractivity contribution in [2.75, 3.05) is 21.3 Å². The minimum Gasteiger partial charge on any atom is -0.497 e. The van der Waals surface area contributed by atoms with E-state index in [0.717, 1.165) is 29.7 Å². The topological polar surface area (TPSA) is 76.7 Å². The lowest BCUT2D eigenvalue weighted by Crippen LogP contribution is -2.39. The third-order valence-corrected chi connectivity index (χ3v) is 5.30. The Morgan fingerprint density at radius 1 is 1.04 bits per heavy atom. The van der Waals surface area contributed by atoms with Gasteiger partial charge in [0.25, 0.3) is 0 Å². The Kier molecular flexibility index (Phi) is 5.87. The molecule has 0 saturated heterocycles. The zero-order valence-corrected chi connectivity index (χ0v) is 16.5. The normalized spacial score (nSPS) is 15.2. The predicted octanol–water partition coefficient (Wildman–Crippen LogP) is 2.73. The van der Waals surface area contributed by atoms with E-state index in [4.69, 9.17) is 9.47 Å². The lowest BCUT2D eigenvalue weighted by molar-refractivity contribution is -0.125. The lowest BCUT2D eigenvalue weighted by Gasteiger charge is -2.23. The number of methoxy groups -OCH3 is 2. The molecule has 148 valence electrons. The fourth-order valence-corrected chi connectivity index (χ4v) is 3.38. The lowest BCUT2D eigenvalue weighted by atomic mass is 9.93. The van der Waals surface area contributed by atoms with Gasteiger partial charge in [0, 0.05) is 7.05 Å². The van der Waals surface area contributed by atoms with Crippen LogP contribution in [0.1, 0.15) is 36.4 Å². The summed E-state index contributed by atoms with van der Waals surface area (Å²) < 4.78 is 10.5. The number of benzene rings is 2. The molecule has 0 spiro atoms. The summed E-state index contributed by atoms with van der Waals surface area (Å²) in [7, 11) is 4.80. The van der Waals surface area contributed by atoms with Crippen LogP contribution >= 0.6 is 0 Å². The average molecular weight is 382 g/mol. The number of carbonyl (C=O) groups is 2. The molecule has 6 heteroatoms. The van der Waals surface area contributed by atoms with E-state index in [1.165, 1.54) is 0 Å². The molecule has 2 aromatic carbocycles. The molecule has 0 bridgehead atoms. The van der Waals surface area contributed by atoms with Crippen molar-refractivity contribution in [3.63, 3.8) is 0 Å². The molecule has 2 aromatic rings. The summed E-state index contributed by atoms with van der Waals surface area (Å²) in [5.74, 6) is 1.25. The number of hydrogen-bond acceptors (Lipinski definition) is 4. The molecule has 2 amide bonds. The Morgan fingerprint density at radius 3 is 2.29 bits per heavy atom. The van der Waals surface area contributed by atoms with Gasteiger partial charge in [-0.1, -0.05) is 24.3 Å². The van der Waals surface area contributed by atoms with Crippen LogP contribution in [0, 0.1) is 0 Å². The van der Waals surface area contributed by atoms with Gasteiger partial charge in [0.15, 0.2) is 0 Å². The zero-order chi connectivity index (χ0) is 20.1. The van der Waals surface area contributed by atoms with Gasteiger partial charge in [0.05, 0.1) is 32.1 Å². The van der Waals surface area contributed by atoms with E-state index in [9.17, 15) is 9.59 Å². The van der Waals surface area contributed by atoms with Crippen molar-refractivity contribution < 1.29 is 19.1 Å². The molecule has 3 rings (SSSR count). The molecular formula is C22H26N2O4. The van der Waals surface area contributed by atoms with Gasteiger partial charge in [0.1, 0.15) is 11.5 Å². The number of rotatable bonds is 8. The predicted molar refractivity (Wildman–Crippen MR) is 106 cm³/mol. The third-order valence-electron chi connectivity index (χ3n) is 5.30. The smallest absolute Gasteiger partial charge is 0.231 e. The first-order chi connectivity index (χ1) is 13.5. The molecule has 1 saturated carbocycles. The Labute approximate surface area is 165 Å². The molecule has 1 aliphatic rings. The Morgan fingerprint density at radius 2 is 1.71 bits per heavy atom. The van der Waals surface area contributed by atoms with Crippen LogP contribution in [0.2, 0.25) is 0 Å². The largest absolute Gasteiger partial charge is 0.497 e. The number of carbonyl (C=O) groups excluding carboxylic acids is 2. The van der Waals surface area contributed by atoms with Crippen molar-refractivity contribution in [3.8, 4) is 11.5 Å². The van der Waals surface area contributed by atoms with E-state index in [0.29, 0.717) is 5.75 Å². The van der Waals surface area contributed by atoms with Crippen LogP contribution in [-0.2, 0) is 15.0 Å². The molecule has 0 aliphatic heterocycles. The molecule has 28 heavy (non-hydrogen) atoms. The van der Waals surface area contributed by atoms with Crippen LogP contribution < -0.4 is 20.1 Å². The molecule has 0 heterocycles. The Balaban J connectivity index is 1.82. The summed E-state index contributed by atoms with van der Waals surface area (Å²) >= 11 is 0. The second-order valence-electron chi connectivity index (χ2n) is 6.99. The van der Waals surface area contributed by atoms with Crippen molar-refractivity contribution in [2.45, 2.75) is 30.7 Å². The maximum atomic E-state index is 13.2. The van der Waals surface area contributed by atoms with Gasteiger partial charge in [-0.25, -0.2) is 0 Å². The van der Waals surface area contributed by atoms with E-state index >= 15 is 0 Å². The van der Waals surface area contributed by atoms with Crippen molar-refractivity contribution >= 4 is 11.8 Å². The van der Waals surface area contributed by atoms with Crippen molar-refractivity contribution in [3.05, 3.63) is 59.7 Å². The maximum Gasteiger partial charge on any atom is 0.231 e. The van der Waals surface area contributed by atoms with Crippen LogP contribution in [0.5, 0.6) is 11.5 Å². The molecular weight excluding hydrogens is 356 g/mol. The summed E-state index contributed by atoms with van der Waals surface area (Å²) in [5, 5.41) is 5.72. The number of amides is 2. The van der Waals surface area contributed by atoms with Crippen molar-refractivity contribution in [2.24, 2.45) is 0 Å². The minimum atomic E-state index is -0.536. The maximum absolute atomic E-state index is 13.2. The molecule has 6 nitrogen and oxygen atoms in total. The Bertz CT molecular complexity index is 844. The van der Waals surface area contributed by atoms with Gasteiger partial charge in [-0.15, -0.1) is 0 Å². The van der Waals surface area contributed by atoms with Gasteiger partial charge in [-0.05, 0) is 48.2 Å². The van der Waals surface area contributed by atoms with Gasteiger partial charge in [-0.2, -0.15) is 0 Å². The van der Waals surface area contributed by atoms with Crippen LogP contribution in [0.4, 0.5) is 0 Å². The van der Waals surface area contributed by atoms with Gasteiger partial charge < -0.3 is 20.1 Å². The quantitative estimate of drug-likeness (QED) is 0.736. The average Bonchev–Trinajstić information content (AvgIpc) is 3.55. The van der Waals surface area contributed by atoms with E-state index in [1.54, 1.807) is 21.3 Å². The number of nitrogens with one attached hydrogen (secondary N) is 2. The zero-order valence-electron chi connectivity index (χ0n) is 16.5. The highest BCUT2D eigenvalue weighted by molar-refractivity contribution is 5.92. The van der Waals surface area contributed by atoms with Crippen LogP contribution in [0.15, 0.2) is 48.5 Å². The highest BCUT2D eigenvalue weighted by Crippen LogP contribution is 2.49. The van der Waals surface area contributed by atoms with Gasteiger partial charge >= 0.3 is 0 Å². The van der Waals surface area contributed by atoms with Crippen LogP contribution in [-0.4, -0.2) is 33.1 Å². The molecule has 1 fully saturated rings. The molecule has 1 atom stereocenters. The van der Waals surface area contributed by atoms with Crippen LogP contribution in [0.3, 0.4) is 0 Å². The summed E-state index contributed by atoms with van der Waals surface area (Å²) in [4.78, 5) is 25.2. The fraction of sp³-hybridized carbons (Fsp3) is 0.364. The molecule has 1 unspecified atom stereocenters. The first-order valence-electron chi connectivity index (χ1n) is 9.32. The van der Waals surface area contributed by atoms with Crippen molar-refractivity contribution in [1.29, 1.82) is 0 Å². The highest BCUT2D eigenvalue weighted by atomic mass is 16.5. The van der Waals surface area contributed by atoms with E-state index in [2.05, 4.69) is 10.6 Å². The summed E-state index contributed by atoms with van der Waals surface area (Å²) in [6, 6.07) is 14.6. The molecule has 0 aromatic heterocycles. The van der Waals surface area contributed by atoms with Crippen LogP contribution in [0.25, 0.3) is 0 Å². The third kappa shape index (κ3) is 4.11. The second-order valence-corrected chi connectivity index (χ2v) is 6.99. The first-order valence-corrected chi connectivity index (χ1v) is 9.32. The summed E-state index contributed by atoms with van der Waals surface area (Å²) in [5.41, 5.74) is 1.27. The number of hydrogen-bond donors (Lipinski definition) is 2.